The predicted octanol–water partition coefficient (Wildman–Crippen LogP) is 3.88. The maximum Gasteiger partial charge on any atom is 0.350 e. The Labute approximate surface area is 146 Å². The number of anilines is 1. The maximum atomic E-state index is 13.0. The van der Waals surface area contributed by atoms with E-state index in [0.29, 0.717) is 0 Å². The van der Waals surface area contributed by atoms with Crippen molar-refractivity contribution in [2.75, 3.05) is 11.8 Å². The number of esters is 1. The van der Waals surface area contributed by atoms with Gasteiger partial charge in [0.15, 0.2) is 0 Å². The molecule has 7 heteroatoms. The van der Waals surface area contributed by atoms with Crippen LogP contribution in [0.4, 0.5) is 5.69 Å². The zero-order chi connectivity index (χ0) is 18.2. The molecule has 0 aliphatic rings. The van der Waals surface area contributed by atoms with Crippen molar-refractivity contribution >= 4 is 33.0 Å². The number of hydrogen-bond acceptors (Lipinski definition) is 5. The van der Waals surface area contributed by atoms with Gasteiger partial charge in [-0.05, 0) is 73.9 Å². The fourth-order valence-electron chi connectivity index (χ4n) is 2.70. The summed E-state index contributed by atoms with van der Waals surface area (Å²) in [6, 6.07) is 1.56. The van der Waals surface area contributed by atoms with E-state index in [0.717, 1.165) is 39.2 Å². The predicted molar refractivity (Wildman–Crippen MR) is 96.6 cm³/mol. The van der Waals surface area contributed by atoms with Crippen LogP contribution in [0.15, 0.2) is 16.3 Å². The summed E-state index contributed by atoms with van der Waals surface area (Å²) in [5.74, 6) is -0.563. The molecular weight excluding hydrogens is 346 g/mol. The summed E-state index contributed by atoms with van der Waals surface area (Å²) in [5, 5.41) is 1.65. The van der Waals surface area contributed by atoms with Crippen molar-refractivity contribution in [1.29, 1.82) is 0 Å². The maximum absolute atomic E-state index is 13.0. The molecule has 5 nitrogen and oxygen atoms in total. The van der Waals surface area contributed by atoms with Crippen LogP contribution in [0.2, 0.25) is 0 Å². The highest BCUT2D eigenvalue weighted by Crippen LogP contribution is 2.32. The Morgan fingerprint density at radius 3 is 2.00 bits per heavy atom. The smallest absolute Gasteiger partial charge is 0.350 e. The van der Waals surface area contributed by atoms with Gasteiger partial charge in [0.25, 0.3) is 10.0 Å². The molecule has 1 aromatic carbocycles. The van der Waals surface area contributed by atoms with Crippen LogP contribution in [0.25, 0.3) is 0 Å². The van der Waals surface area contributed by atoms with Crippen molar-refractivity contribution in [3.63, 3.8) is 0 Å². The third-order valence-electron chi connectivity index (χ3n) is 4.48. The fraction of sp³-hybridized carbons (Fsp3) is 0.353. The summed E-state index contributed by atoms with van der Waals surface area (Å²) < 4.78 is 33.2. The molecule has 2 aromatic rings. The van der Waals surface area contributed by atoms with E-state index in [1.807, 2.05) is 20.8 Å². The monoisotopic (exact) mass is 367 g/mol. The van der Waals surface area contributed by atoms with Crippen molar-refractivity contribution in [3.05, 3.63) is 44.1 Å². The lowest BCUT2D eigenvalue weighted by molar-refractivity contribution is 0.0607. The van der Waals surface area contributed by atoms with Crippen LogP contribution < -0.4 is 4.72 Å². The number of benzene rings is 1. The molecule has 0 atom stereocenters. The number of methoxy groups -OCH3 is 1. The summed E-state index contributed by atoms with van der Waals surface area (Å²) in [7, 11) is -2.56. The minimum atomic E-state index is -3.82. The average Bonchev–Trinajstić information content (AvgIpc) is 2.97. The van der Waals surface area contributed by atoms with Gasteiger partial charge in [-0.2, -0.15) is 0 Å². The van der Waals surface area contributed by atoms with Gasteiger partial charge >= 0.3 is 5.97 Å². The molecule has 0 radical (unpaired) electrons. The third-order valence-corrected chi connectivity index (χ3v) is 7.01. The van der Waals surface area contributed by atoms with Crippen LogP contribution in [0.5, 0.6) is 0 Å². The van der Waals surface area contributed by atoms with Gasteiger partial charge in [0, 0.05) is 0 Å². The molecule has 0 saturated carbocycles. The number of rotatable bonds is 4. The van der Waals surface area contributed by atoms with Gasteiger partial charge < -0.3 is 4.74 Å². The second kappa shape index (κ2) is 6.57. The van der Waals surface area contributed by atoms with E-state index in [1.54, 1.807) is 25.3 Å². The Balaban J connectivity index is 2.58. The molecule has 0 bridgehead atoms. The molecule has 1 aromatic heterocycles. The standard InChI is InChI=1S/C17H21NO4S2/c1-9-10(2)12(4)16(13(5)11(9)3)24(20,21)18-14-7-8-23-15(14)17(19)22-6/h7-8,18H,1-6H3. The number of carbonyl (C=O) groups excluding carboxylic acids is 1. The van der Waals surface area contributed by atoms with Crippen LogP contribution in [0.3, 0.4) is 0 Å². The Bertz CT molecular complexity index is 882. The lowest BCUT2D eigenvalue weighted by Gasteiger charge is -2.19. The normalized spacial score (nSPS) is 11.4. The molecule has 2 rings (SSSR count). The number of nitrogens with one attached hydrogen (secondary N) is 1. The minimum Gasteiger partial charge on any atom is -0.465 e. The molecule has 0 fully saturated rings. The van der Waals surface area contributed by atoms with Crippen LogP contribution >= 0.6 is 11.3 Å². The van der Waals surface area contributed by atoms with Crippen molar-refractivity contribution in [1.82, 2.24) is 0 Å². The molecule has 130 valence electrons. The Kier molecular flexibility index (Phi) is 5.05. The van der Waals surface area contributed by atoms with E-state index < -0.39 is 16.0 Å². The van der Waals surface area contributed by atoms with E-state index in [1.165, 1.54) is 7.11 Å². The molecule has 0 aliphatic carbocycles. The molecular formula is C17H21NO4S2. The molecule has 0 aliphatic heterocycles. The molecule has 0 spiro atoms. The van der Waals surface area contributed by atoms with E-state index in [4.69, 9.17) is 4.74 Å². The number of ether oxygens (including phenoxy) is 1. The van der Waals surface area contributed by atoms with E-state index in [2.05, 4.69) is 4.72 Å². The molecule has 0 amide bonds. The summed E-state index contributed by atoms with van der Waals surface area (Å²) in [6.45, 7) is 9.43. The van der Waals surface area contributed by atoms with Gasteiger partial charge in [-0.25, -0.2) is 13.2 Å². The van der Waals surface area contributed by atoms with Gasteiger partial charge in [-0.15, -0.1) is 11.3 Å². The zero-order valence-corrected chi connectivity index (χ0v) is 16.2. The second-order valence-corrected chi connectivity index (χ2v) is 8.25. The summed E-state index contributed by atoms with van der Waals surface area (Å²) in [6.07, 6.45) is 0. The first-order valence-electron chi connectivity index (χ1n) is 7.37. The van der Waals surface area contributed by atoms with Crippen LogP contribution in [0, 0.1) is 34.6 Å². The zero-order valence-electron chi connectivity index (χ0n) is 14.6. The summed E-state index contributed by atoms with van der Waals surface area (Å²) >= 11 is 1.13. The van der Waals surface area contributed by atoms with E-state index in [9.17, 15) is 13.2 Å². The lowest BCUT2D eigenvalue weighted by Crippen LogP contribution is -2.18. The molecule has 0 saturated heterocycles. The van der Waals surface area contributed by atoms with Crippen LogP contribution in [0.1, 0.15) is 37.5 Å². The first-order valence-corrected chi connectivity index (χ1v) is 9.73. The van der Waals surface area contributed by atoms with Crippen molar-refractivity contribution in [3.8, 4) is 0 Å². The van der Waals surface area contributed by atoms with E-state index >= 15 is 0 Å². The molecule has 24 heavy (non-hydrogen) atoms. The number of carbonyl (C=O) groups is 1. The molecule has 1 N–H and O–H groups in total. The Hall–Kier alpha value is -1.86. The number of sulfonamides is 1. The largest absolute Gasteiger partial charge is 0.465 e. The number of thiophene rings is 1. The van der Waals surface area contributed by atoms with E-state index in [-0.39, 0.29) is 15.5 Å². The lowest BCUT2D eigenvalue weighted by atomic mass is 9.95. The van der Waals surface area contributed by atoms with Gasteiger partial charge in [0.05, 0.1) is 17.7 Å². The van der Waals surface area contributed by atoms with Gasteiger partial charge in [-0.3, -0.25) is 4.72 Å². The SMILES string of the molecule is COC(=O)c1sccc1NS(=O)(=O)c1c(C)c(C)c(C)c(C)c1C. The highest BCUT2D eigenvalue weighted by atomic mass is 32.2. The van der Waals surface area contributed by atoms with Gasteiger partial charge in [0.1, 0.15) is 4.88 Å². The fourth-order valence-corrected chi connectivity index (χ4v) is 5.21. The summed E-state index contributed by atoms with van der Waals surface area (Å²) in [5.41, 5.74) is 4.68. The number of hydrogen-bond donors (Lipinski definition) is 1. The molecule has 1 heterocycles. The van der Waals surface area contributed by atoms with Gasteiger partial charge in [0.2, 0.25) is 0 Å². The third kappa shape index (κ3) is 3.06. The highest BCUT2D eigenvalue weighted by molar-refractivity contribution is 7.92. The van der Waals surface area contributed by atoms with Crippen LogP contribution in [-0.2, 0) is 14.8 Å². The van der Waals surface area contributed by atoms with Crippen LogP contribution in [-0.4, -0.2) is 21.5 Å². The van der Waals surface area contributed by atoms with Crippen molar-refractivity contribution in [2.45, 2.75) is 39.5 Å². The molecule has 0 unspecified atom stereocenters. The van der Waals surface area contributed by atoms with Crippen molar-refractivity contribution < 1.29 is 17.9 Å². The quantitative estimate of drug-likeness (QED) is 0.833. The van der Waals surface area contributed by atoms with Gasteiger partial charge in [-0.1, -0.05) is 0 Å². The summed E-state index contributed by atoms with van der Waals surface area (Å²) in [4.78, 5) is 12.3. The second-order valence-electron chi connectivity index (χ2n) is 5.71. The first kappa shape index (κ1) is 18.5. The minimum absolute atomic E-state index is 0.233. The Morgan fingerprint density at radius 2 is 1.50 bits per heavy atom. The Morgan fingerprint density at radius 1 is 1.00 bits per heavy atom. The topological polar surface area (TPSA) is 72.5 Å². The highest BCUT2D eigenvalue weighted by Gasteiger charge is 2.26. The van der Waals surface area contributed by atoms with Crippen molar-refractivity contribution in [2.24, 2.45) is 0 Å². The average molecular weight is 367 g/mol. The first-order chi connectivity index (χ1) is 11.1.